The molecule has 96 valence electrons. The van der Waals surface area contributed by atoms with E-state index < -0.39 is 12.0 Å². The molecule has 0 aromatic carbocycles. The number of nitrogens with one attached hydrogen (secondary N) is 2. The molecule has 0 aliphatic carbocycles. The van der Waals surface area contributed by atoms with E-state index >= 15 is 0 Å². The highest BCUT2D eigenvalue weighted by Crippen LogP contribution is 2.06. The molecule has 2 amide bonds. The van der Waals surface area contributed by atoms with Crippen LogP contribution in [0.15, 0.2) is 18.2 Å². The molecule has 1 aliphatic rings. The highest BCUT2D eigenvalue weighted by atomic mass is 16.5. The van der Waals surface area contributed by atoms with Crippen molar-refractivity contribution in [1.29, 1.82) is 0 Å². The zero-order valence-electron chi connectivity index (χ0n) is 9.55. The number of carbonyl (C=O) groups is 2. The maximum absolute atomic E-state index is 11.6. The highest BCUT2D eigenvalue weighted by molar-refractivity contribution is 5.90. The normalized spacial score (nSPS) is 18.3. The molecule has 7 nitrogen and oxygen atoms in total. The molecule has 18 heavy (non-hydrogen) atoms. The summed E-state index contributed by atoms with van der Waals surface area (Å²) in [6.45, 7) is 1.13. The number of hydrogen-bond acceptors (Lipinski definition) is 4. The molecule has 0 radical (unpaired) electrons. The third-order valence-electron chi connectivity index (χ3n) is 2.47. The average Bonchev–Trinajstić information content (AvgIpc) is 2.82. The number of aromatic carboxylic acids is 1. The maximum atomic E-state index is 11.6. The van der Waals surface area contributed by atoms with Gasteiger partial charge in [-0.25, -0.2) is 14.6 Å². The molecule has 7 heteroatoms. The summed E-state index contributed by atoms with van der Waals surface area (Å²) >= 11 is 0. The van der Waals surface area contributed by atoms with Crippen LogP contribution in [0.3, 0.4) is 0 Å². The van der Waals surface area contributed by atoms with Crippen molar-refractivity contribution in [3.8, 4) is 0 Å². The van der Waals surface area contributed by atoms with Gasteiger partial charge in [-0.2, -0.15) is 0 Å². The number of nitrogens with zero attached hydrogens (tertiary/aromatic N) is 1. The lowest BCUT2D eigenvalue weighted by atomic mass is 10.3. The summed E-state index contributed by atoms with van der Waals surface area (Å²) in [5.74, 6) is -0.936. The SMILES string of the molecule is O=C(Nc1cccc(C(=O)O)n1)NC1CCOC1. The lowest BCUT2D eigenvalue weighted by molar-refractivity contribution is 0.0690. The number of urea groups is 1. The van der Waals surface area contributed by atoms with Gasteiger partial charge in [0.05, 0.1) is 12.6 Å². The third kappa shape index (κ3) is 3.17. The van der Waals surface area contributed by atoms with Gasteiger partial charge in [0.1, 0.15) is 5.82 Å². The molecule has 1 aromatic heterocycles. The Bertz CT molecular complexity index is 457. The molecule has 1 unspecified atom stereocenters. The molecule has 2 heterocycles. The Balaban J connectivity index is 1.93. The summed E-state index contributed by atoms with van der Waals surface area (Å²) in [5.41, 5.74) is -0.114. The minimum absolute atomic E-state index is 0.00680. The Hall–Kier alpha value is -2.15. The van der Waals surface area contributed by atoms with Gasteiger partial charge >= 0.3 is 12.0 Å². The first-order valence-electron chi connectivity index (χ1n) is 5.51. The van der Waals surface area contributed by atoms with Gasteiger partial charge in [0.15, 0.2) is 5.69 Å². The third-order valence-corrected chi connectivity index (χ3v) is 2.47. The van der Waals surface area contributed by atoms with Crippen LogP contribution in [0, 0.1) is 0 Å². The van der Waals surface area contributed by atoms with Crippen molar-refractivity contribution in [3.05, 3.63) is 23.9 Å². The number of carboxylic acid groups (broad SMARTS) is 1. The fourth-order valence-corrected chi connectivity index (χ4v) is 1.61. The standard InChI is InChI=1S/C11H13N3O4/c15-10(16)8-2-1-3-9(13-8)14-11(17)12-7-4-5-18-6-7/h1-3,7H,4-6H2,(H,15,16)(H2,12,13,14,17). The Kier molecular flexibility index (Phi) is 3.73. The van der Waals surface area contributed by atoms with E-state index in [4.69, 9.17) is 9.84 Å². The molecule has 0 spiro atoms. The van der Waals surface area contributed by atoms with Crippen molar-refractivity contribution >= 4 is 17.8 Å². The Labute approximate surface area is 103 Å². The smallest absolute Gasteiger partial charge is 0.354 e. The van der Waals surface area contributed by atoms with Gasteiger partial charge in [-0.15, -0.1) is 0 Å². The van der Waals surface area contributed by atoms with Crippen LogP contribution in [0.25, 0.3) is 0 Å². The number of pyridine rings is 1. The summed E-state index contributed by atoms with van der Waals surface area (Å²) in [7, 11) is 0. The van der Waals surface area contributed by atoms with Gasteiger partial charge in [0.2, 0.25) is 0 Å². The van der Waals surface area contributed by atoms with E-state index in [0.717, 1.165) is 6.42 Å². The molecule has 1 atom stereocenters. The molecule has 1 aliphatic heterocycles. The fourth-order valence-electron chi connectivity index (χ4n) is 1.61. The van der Waals surface area contributed by atoms with E-state index in [1.165, 1.54) is 18.2 Å². The minimum atomic E-state index is -1.14. The van der Waals surface area contributed by atoms with Crippen molar-refractivity contribution < 1.29 is 19.4 Å². The van der Waals surface area contributed by atoms with Crippen molar-refractivity contribution in [2.45, 2.75) is 12.5 Å². The molecule has 2 rings (SSSR count). The number of amides is 2. The maximum Gasteiger partial charge on any atom is 0.354 e. The Morgan fingerprint density at radius 1 is 1.44 bits per heavy atom. The van der Waals surface area contributed by atoms with Gasteiger partial charge in [0.25, 0.3) is 0 Å². The van der Waals surface area contributed by atoms with Crippen LogP contribution in [0.1, 0.15) is 16.9 Å². The molecule has 0 bridgehead atoms. The number of anilines is 1. The van der Waals surface area contributed by atoms with Crippen molar-refractivity contribution in [3.63, 3.8) is 0 Å². The van der Waals surface area contributed by atoms with Crippen LogP contribution in [0.4, 0.5) is 10.6 Å². The van der Waals surface area contributed by atoms with Gasteiger partial charge in [-0.1, -0.05) is 6.07 Å². The lowest BCUT2D eigenvalue weighted by Gasteiger charge is -2.11. The zero-order chi connectivity index (χ0) is 13.0. The van der Waals surface area contributed by atoms with Crippen LogP contribution < -0.4 is 10.6 Å². The van der Waals surface area contributed by atoms with Crippen molar-refractivity contribution in [1.82, 2.24) is 10.3 Å². The van der Waals surface area contributed by atoms with E-state index in [2.05, 4.69) is 15.6 Å². The number of hydrogen-bond donors (Lipinski definition) is 3. The van der Waals surface area contributed by atoms with Crippen LogP contribution >= 0.6 is 0 Å². The summed E-state index contributed by atoms with van der Waals surface area (Å²) in [4.78, 5) is 26.1. The van der Waals surface area contributed by atoms with E-state index in [9.17, 15) is 9.59 Å². The molecule has 1 aromatic rings. The number of aromatic nitrogens is 1. The minimum Gasteiger partial charge on any atom is -0.477 e. The van der Waals surface area contributed by atoms with Gasteiger partial charge in [-0.05, 0) is 18.6 Å². The predicted octanol–water partition coefficient (Wildman–Crippen LogP) is 0.690. The lowest BCUT2D eigenvalue weighted by Crippen LogP contribution is -2.38. The second-order valence-corrected chi connectivity index (χ2v) is 3.87. The van der Waals surface area contributed by atoms with E-state index in [0.29, 0.717) is 13.2 Å². The van der Waals surface area contributed by atoms with Gasteiger partial charge < -0.3 is 15.2 Å². The second kappa shape index (κ2) is 5.46. The number of rotatable bonds is 3. The van der Waals surface area contributed by atoms with Gasteiger partial charge in [-0.3, -0.25) is 5.32 Å². The number of ether oxygens (including phenoxy) is 1. The van der Waals surface area contributed by atoms with Crippen LogP contribution in [-0.4, -0.2) is 41.3 Å². The van der Waals surface area contributed by atoms with Crippen LogP contribution in [-0.2, 0) is 4.74 Å². The van der Waals surface area contributed by atoms with Crippen LogP contribution in [0.2, 0.25) is 0 Å². The molecule has 3 N–H and O–H groups in total. The molecular formula is C11H13N3O4. The van der Waals surface area contributed by atoms with Crippen molar-refractivity contribution in [2.75, 3.05) is 18.5 Å². The van der Waals surface area contributed by atoms with E-state index in [1.54, 1.807) is 0 Å². The average molecular weight is 251 g/mol. The first-order valence-corrected chi connectivity index (χ1v) is 5.51. The number of carbonyl (C=O) groups excluding carboxylic acids is 1. The molecule has 0 saturated carbocycles. The molecular weight excluding hydrogens is 238 g/mol. The van der Waals surface area contributed by atoms with E-state index in [1.807, 2.05) is 0 Å². The van der Waals surface area contributed by atoms with E-state index in [-0.39, 0.29) is 17.6 Å². The Morgan fingerprint density at radius 2 is 2.28 bits per heavy atom. The van der Waals surface area contributed by atoms with Crippen LogP contribution in [0.5, 0.6) is 0 Å². The van der Waals surface area contributed by atoms with Crippen molar-refractivity contribution in [2.24, 2.45) is 0 Å². The summed E-state index contributed by atoms with van der Waals surface area (Å²) < 4.78 is 5.12. The first-order chi connectivity index (χ1) is 8.65. The molecule has 1 fully saturated rings. The quantitative estimate of drug-likeness (QED) is 0.733. The predicted molar refractivity (Wildman–Crippen MR) is 62.6 cm³/mol. The summed E-state index contributed by atoms with van der Waals surface area (Å²) in [5, 5.41) is 14.0. The summed E-state index contributed by atoms with van der Waals surface area (Å²) in [6, 6.07) is 3.98. The fraction of sp³-hybridized carbons (Fsp3) is 0.364. The van der Waals surface area contributed by atoms with Gasteiger partial charge in [0, 0.05) is 6.61 Å². The largest absolute Gasteiger partial charge is 0.477 e. The Morgan fingerprint density at radius 3 is 2.94 bits per heavy atom. The summed E-state index contributed by atoms with van der Waals surface area (Å²) in [6.07, 6.45) is 0.774. The molecule has 1 saturated heterocycles. The second-order valence-electron chi connectivity index (χ2n) is 3.87. The number of carboxylic acids is 1. The zero-order valence-corrected chi connectivity index (χ0v) is 9.55. The first kappa shape index (κ1) is 12.3. The monoisotopic (exact) mass is 251 g/mol. The topological polar surface area (TPSA) is 101 Å². The highest BCUT2D eigenvalue weighted by Gasteiger charge is 2.18.